The number of rotatable bonds is 1. The molecule has 0 spiro atoms. The Hall–Kier alpha value is -0.570. The first kappa shape index (κ1) is 9.52. The molecular formula is C9H17NO2. The predicted octanol–water partition coefficient (Wildman–Crippen LogP) is 1.24. The van der Waals surface area contributed by atoms with E-state index in [1.807, 2.05) is 0 Å². The number of hydrogen-bond acceptors (Lipinski definition) is 2. The second kappa shape index (κ2) is 3.90. The predicted molar refractivity (Wildman–Crippen MR) is 46.6 cm³/mol. The van der Waals surface area contributed by atoms with Crippen LogP contribution in [0.1, 0.15) is 26.7 Å². The Labute approximate surface area is 73.7 Å². The molecule has 0 N–H and O–H groups in total. The van der Waals surface area contributed by atoms with Gasteiger partial charge in [0, 0.05) is 20.6 Å². The molecule has 1 saturated heterocycles. The lowest BCUT2D eigenvalue weighted by Gasteiger charge is -2.36. The van der Waals surface area contributed by atoms with Crippen molar-refractivity contribution in [3.05, 3.63) is 0 Å². The highest BCUT2D eigenvalue weighted by Gasteiger charge is 2.27. The molecule has 1 aliphatic heterocycles. The van der Waals surface area contributed by atoms with Crippen molar-refractivity contribution in [1.29, 1.82) is 0 Å². The van der Waals surface area contributed by atoms with Crippen molar-refractivity contribution in [3.8, 4) is 0 Å². The number of likely N-dealkylation sites (tertiary alicyclic amines) is 1. The molecule has 2 unspecified atom stereocenters. The minimum atomic E-state index is 0.00579. The maximum absolute atomic E-state index is 11.1. The molecule has 0 radical (unpaired) electrons. The number of piperidine rings is 1. The zero-order valence-electron chi connectivity index (χ0n) is 8.04. The molecule has 1 heterocycles. The minimum absolute atomic E-state index is 0.00579. The van der Waals surface area contributed by atoms with E-state index < -0.39 is 0 Å². The molecule has 0 aromatic carbocycles. The van der Waals surface area contributed by atoms with E-state index in [2.05, 4.69) is 6.92 Å². The van der Waals surface area contributed by atoms with Crippen LogP contribution in [0.25, 0.3) is 0 Å². The van der Waals surface area contributed by atoms with Crippen molar-refractivity contribution in [2.24, 2.45) is 5.92 Å². The van der Waals surface area contributed by atoms with Gasteiger partial charge in [0.05, 0.1) is 0 Å². The first-order valence-corrected chi connectivity index (χ1v) is 4.45. The number of amides is 1. The van der Waals surface area contributed by atoms with Crippen LogP contribution in [0, 0.1) is 5.92 Å². The molecule has 0 bridgehead atoms. The summed E-state index contributed by atoms with van der Waals surface area (Å²) >= 11 is 0. The molecule has 0 saturated carbocycles. The summed E-state index contributed by atoms with van der Waals surface area (Å²) in [4.78, 5) is 12.9. The van der Waals surface area contributed by atoms with E-state index in [9.17, 15) is 4.79 Å². The van der Waals surface area contributed by atoms with Gasteiger partial charge in [0.15, 0.2) is 0 Å². The smallest absolute Gasteiger partial charge is 0.221 e. The highest BCUT2D eigenvalue weighted by Crippen LogP contribution is 2.22. The molecule has 3 nitrogen and oxygen atoms in total. The zero-order valence-corrected chi connectivity index (χ0v) is 8.04. The number of carbonyl (C=O) groups is 1. The highest BCUT2D eigenvalue weighted by atomic mass is 16.5. The second-order valence-electron chi connectivity index (χ2n) is 3.53. The van der Waals surface area contributed by atoms with Crippen molar-refractivity contribution >= 4 is 5.91 Å². The molecule has 1 rings (SSSR count). The molecular weight excluding hydrogens is 154 g/mol. The van der Waals surface area contributed by atoms with Gasteiger partial charge in [0.2, 0.25) is 5.91 Å². The van der Waals surface area contributed by atoms with Crippen molar-refractivity contribution in [2.45, 2.75) is 32.9 Å². The maximum atomic E-state index is 11.1. The Balaban J connectivity index is 2.56. The molecule has 0 aromatic rings. The summed E-state index contributed by atoms with van der Waals surface area (Å²) in [7, 11) is 1.67. The van der Waals surface area contributed by atoms with Crippen LogP contribution in [0.3, 0.4) is 0 Å². The van der Waals surface area contributed by atoms with Gasteiger partial charge < -0.3 is 9.64 Å². The van der Waals surface area contributed by atoms with E-state index >= 15 is 0 Å². The third-order valence-corrected chi connectivity index (χ3v) is 2.49. The largest absolute Gasteiger partial charge is 0.362 e. The van der Waals surface area contributed by atoms with Crippen molar-refractivity contribution < 1.29 is 9.53 Å². The summed E-state index contributed by atoms with van der Waals surface area (Å²) in [5, 5.41) is 0. The Morgan fingerprint density at radius 3 is 2.75 bits per heavy atom. The van der Waals surface area contributed by atoms with Crippen LogP contribution in [0.5, 0.6) is 0 Å². The Bertz CT molecular complexity index is 170. The molecule has 1 aliphatic rings. The van der Waals surface area contributed by atoms with Gasteiger partial charge in [-0.1, -0.05) is 6.92 Å². The fourth-order valence-electron chi connectivity index (χ4n) is 1.68. The molecule has 0 aromatic heterocycles. The maximum Gasteiger partial charge on any atom is 0.221 e. The normalized spacial score (nSPS) is 30.4. The zero-order chi connectivity index (χ0) is 9.14. The van der Waals surface area contributed by atoms with Gasteiger partial charge in [-0.2, -0.15) is 0 Å². The topological polar surface area (TPSA) is 29.5 Å². The fourth-order valence-corrected chi connectivity index (χ4v) is 1.68. The van der Waals surface area contributed by atoms with Crippen molar-refractivity contribution in [3.63, 3.8) is 0 Å². The second-order valence-corrected chi connectivity index (χ2v) is 3.53. The summed E-state index contributed by atoms with van der Waals surface area (Å²) in [6.45, 7) is 4.64. The molecule has 2 atom stereocenters. The molecule has 70 valence electrons. The number of carbonyl (C=O) groups excluding carboxylic acids is 1. The standard InChI is InChI=1S/C9H17NO2/c1-7-4-5-10(8(2)11)9(6-7)12-3/h7,9H,4-6H2,1-3H3. The summed E-state index contributed by atoms with van der Waals surface area (Å²) in [6, 6.07) is 0. The Morgan fingerprint density at radius 1 is 1.58 bits per heavy atom. The summed E-state index contributed by atoms with van der Waals surface area (Å²) in [6.07, 6.45) is 2.07. The van der Waals surface area contributed by atoms with Crippen LogP contribution < -0.4 is 0 Å². The van der Waals surface area contributed by atoms with Gasteiger partial charge in [-0.25, -0.2) is 0 Å². The van der Waals surface area contributed by atoms with Crippen LogP contribution >= 0.6 is 0 Å². The van der Waals surface area contributed by atoms with E-state index in [4.69, 9.17) is 4.74 Å². The monoisotopic (exact) mass is 171 g/mol. The number of ether oxygens (including phenoxy) is 1. The van der Waals surface area contributed by atoms with Gasteiger partial charge in [-0.15, -0.1) is 0 Å². The van der Waals surface area contributed by atoms with Gasteiger partial charge in [-0.3, -0.25) is 4.79 Å². The summed E-state index contributed by atoms with van der Waals surface area (Å²) in [5.41, 5.74) is 0. The lowest BCUT2D eigenvalue weighted by atomic mass is 9.97. The van der Waals surface area contributed by atoms with Crippen LogP contribution in [0.4, 0.5) is 0 Å². The van der Waals surface area contributed by atoms with Crippen molar-refractivity contribution in [1.82, 2.24) is 4.90 Å². The van der Waals surface area contributed by atoms with Gasteiger partial charge >= 0.3 is 0 Å². The average Bonchev–Trinajstić information content (AvgIpc) is 2.03. The fraction of sp³-hybridized carbons (Fsp3) is 0.889. The van der Waals surface area contributed by atoms with Crippen LogP contribution in [-0.4, -0.2) is 30.7 Å². The van der Waals surface area contributed by atoms with Gasteiger partial charge in [0.1, 0.15) is 6.23 Å². The Kier molecular flexibility index (Phi) is 3.09. The highest BCUT2D eigenvalue weighted by molar-refractivity contribution is 5.73. The van der Waals surface area contributed by atoms with E-state index in [1.165, 1.54) is 0 Å². The van der Waals surface area contributed by atoms with Crippen molar-refractivity contribution in [2.75, 3.05) is 13.7 Å². The van der Waals surface area contributed by atoms with Gasteiger partial charge in [0.25, 0.3) is 0 Å². The first-order valence-electron chi connectivity index (χ1n) is 4.45. The number of nitrogens with zero attached hydrogens (tertiary/aromatic N) is 1. The van der Waals surface area contributed by atoms with E-state index in [-0.39, 0.29) is 12.1 Å². The van der Waals surface area contributed by atoms with Gasteiger partial charge in [-0.05, 0) is 18.8 Å². The SMILES string of the molecule is COC1CC(C)CCN1C(C)=O. The Morgan fingerprint density at radius 2 is 2.25 bits per heavy atom. The van der Waals surface area contributed by atoms with Crippen LogP contribution in [-0.2, 0) is 9.53 Å². The third-order valence-electron chi connectivity index (χ3n) is 2.49. The first-order chi connectivity index (χ1) is 5.65. The van der Waals surface area contributed by atoms with E-state index in [0.29, 0.717) is 5.92 Å². The third kappa shape index (κ3) is 1.97. The number of hydrogen-bond donors (Lipinski definition) is 0. The lowest BCUT2D eigenvalue weighted by Crippen LogP contribution is -2.45. The minimum Gasteiger partial charge on any atom is -0.362 e. The summed E-state index contributed by atoms with van der Waals surface area (Å²) < 4.78 is 5.24. The molecule has 12 heavy (non-hydrogen) atoms. The molecule has 1 fully saturated rings. The van der Waals surface area contributed by atoms with Crippen LogP contribution in [0.15, 0.2) is 0 Å². The van der Waals surface area contributed by atoms with E-state index in [1.54, 1.807) is 18.9 Å². The molecule has 3 heteroatoms. The van der Waals surface area contributed by atoms with E-state index in [0.717, 1.165) is 19.4 Å². The average molecular weight is 171 g/mol. The number of methoxy groups -OCH3 is 1. The molecule has 1 amide bonds. The molecule has 0 aliphatic carbocycles. The summed E-state index contributed by atoms with van der Waals surface area (Å²) in [5.74, 6) is 0.791. The van der Waals surface area contributed by atoms with Crippen LogP contribution in [0.2, 0.25) is 0 Å². The lowest BCUT2D eigenvalue weighted by molar-refractivity contribution is -0.147. The quantitative estimate of drug-likeness (QED) is 0.594.